The number of fused-ring (bicyclic) bond motifs is 2. The van der Waals surface area contributed by atoms with Gasteiger partial charge in [0.05, 0.1) is 12.6 Å². The second-order valence-electron chi connectivity index (χ2n) is 8.33. The maximum absolute atomic E-state index is 13.9. The number of ether oxygens (including phenoxy) is 1. The summed E-state index contributed by atoms with van der Waals surface area (Å²) in [4.78, 5) is 41.0. The Morgan fingerprint density at radius 2 is 2.10 bits per heavy atom. The van der Waals surface area contributed by atoms with E-state index in [-0.39, 0.29) is 35.2 Å². The van der Waals surface area contributed by atoms with Crippen LogP contribution >= 0.6 is 0 Å². The molecule has 0 radical (unpaired) electrons. The Morgan fingerprint density at radius 1 is 1.32 bits per heavy atom. The minimum Gasteiger partial charge on any atom is -0.352 e. The van der Waals surface area contributed by atoms with Crippen LogP contribution in [0.25, 0.3) is 0 Å². The number of carbonyl (C=O) groups is 2. The highest BCUT2D eigenvalue weighted by molar-refractivity contribution is 6.00. The number of rotatable bonds is 3. The van der Waals surface area contributed by atoms with Gasteiger partial charge in [0.2, 0.25) is 0 Å². The van der Waals surface area contributed by atoms with Crippen molar-refractivity contribution < 1.29 is 23.1 Å². The van der Waals surface area contributed by atoms with Gasteiger partial charge in [0.15, 0.2) is 11.2 Å². The molecule has 0 saturated carbocycles. The molecule has 1 saturated heterocycles. The zero-order valence-corrected chi connectivity index (χ0v) is 17.1. The molecule has 1 unspecified atom stereocenters. The van der Waals surface area contributed by atoms with E-state index in [2.05, 4.69) is 5.32 Å². The molecule has 3 aliphatic heterocycles. The van der Waals surface area contributed by atoms with E-state index in [0.29, 0.717) is 37.4 Å². The summed E-state index contributed by atoms with van der Waals surface area (Å²) in [5, 5.41) is 2.57. The molecule has 162 valence electrons. The van der Waals surface area contributed by atoms with E-state index in [1.54, 1.807) is 16.4 Å². The van der Waals surface area contributed by atoms with Crippen molar-refractivity contribution in [1.82, 2.24) is 14.8 Å². The Kier molecular flexibility index (Phi) is 4.30. The molecule has 1 N–H and O–H groups in total. The summed E-state index contributed by atoms with van der Waals surface area (Å²) in [6.07, 6.45) is 1.07. The summed E-state index contributed by atoms with van der Waals surface area (Å²) in [5.41, 5.74) is -0.222. The van der Waals surface area contributed by atoms with Gasteiger partial charge in [0, 0.05) is 36.0 Å². The van der Waals surface area contributed by atoms with Crippen molar-refractivity contribution >= 4 is 11.8 Å². The summed E-state index contributed by atoms with van der Waals surface area (Å²) < 4.78 is 34.8. The zero-order chi connectivity index (χ0) is 22.1. The molecule has 31 heavy (non-hydrogen) atoms. The number of hydrogen-bond acceptors (Lipinski definition) is 4. The molecule has 2 atom stereocenters. The molecule has 0 spiro atoms. The number of benzene rings is 1. The fraction of sp³-hybridized carbons (Fsp3) is 0.409. The van der Waals surface area contributed by atoms with Crippen LogP contribution in [0.15, 0.2) is 23.0 Å². The maximum atomic E-state index is 13.9. The van der Waals surface area contributed by atoms with Crippen LogP contribution < -0.4 is 10.7 Å². The van der Waals surface area contributed by atoms with Gasteiger partial charge in [-0.15, -0.1) is 0 Å². The van der Waals surface area contributed by atoms with E-state index in [1.807, 2.05) is 6.92 Å². The first kappa shape index (κ1) is 19.9. The Bertz CT molecular complexity index is 1210. The first-order valence-corrected chi connectivity index (χ1v) is 10.2. The maximum Gasteiger partial charge on any atom is 0.273 e. The standard InChI is InChI=1S/C22H21F2N3O4/c1-11-18-21(30)26-7-8-31-22(26,2)16-6-5-15(27(16)18)17(19(11)28)20(29)25-10-12-3-4-13(23)9-14(12)24/h3-4,9,16H,5-8,10H2,1-2H3,(H,25,29)/t16-,22?/m0/s1. The fourth-order valence-corrected chi connectivity index (χ4v) is 5.14. The monoisotopic (exact) mass is 429 g/mol. The van der Waals surface area contributed by atoms with Crippen molar-refractivity contribution in [2.24, 2.45) is 0 Å². The Hall–Kier alpha value is -3.07. The third-order valence-electron chi connectivity index (χ3n) is 6.70. The molecular formula is C22H21F2N3O4. The molecule has 7 nitrogen and oxygen atoms in total. The highest BCUT2D eigenvalue weighted by Crippen LogP contribution is 2.46. The van der Waals surface area contributed by atoms with Gasteiger partial charge in [0.1, 0.15) is 22.9 Å². The van der Waals surface area contributed by atoms with Gasteiger partial charge < -0.3 is 19.5 Å². The summed E-state index contributed by atoms with van der Waals surface area (Å²) in [5.74, 6) is -2.40. The van der Waals surface area contributed by atoms with E-state index in [1.165, 1.54) is 6.07 Å². The van der Waals surface area contributed by atoms with Gasteiger partial charge in [-0.25, -0.2) is 8.78 Å². The van der Waals surface area contributed by atoms with Gasteiger partial charge in [-0.2, -0.15) is 0 Å². The smallest absolute Gasteiger partial charge is 0.273 e. The highest BCUT2D eigenvalue weighted by atomic mass is 19.1. The lowest BCUT2D eigenvalue weighted by atomic mass is 9.97. The second-order valence-corrected chi connectivity index (χ2v) is 8.33. The number of pyridine rings is 1. The molecule has 5 rings (SSSR count). The molecule has 2 amide bonds. The normalized spacial score (nSPS) is 23.7. The second kappa shape index (κ2) is 6.71. The number of amides is 2. The Labute approximate surface area is 176 Å². The molecule has 9 heteroatoms. The van der Waals surface area contributed by atoms with Crippen molar-refractivity contribution in [3.05, 3.63) is 68.1 Å². The SMILES string of the molecule is Cc1c2n3c(c(C(=O)NCc4ccc(F)cc4F)c1=O)CC[C@H]3C1(C)OCCN1C2=O. The molecule has 0 bridgehead atoms. The molecule has 1 aromatic carbocycles. The van der Waals surface area contributed by atoms with Gasteiger partial charge in [0.25, 0.3) is 11.8 Å². The minimum atomic E-state index is -0.818. The van der Waals surface area contributed by atoms with Crippen molar-refractivity contribution in [3.8, 4) is 0 Å². The molecule has 3 aliphatic rings. The zero-order valence-electron chi connectivity index (χ0n) is 17.1. The number of hydrogen-bond donors (Lipinski definition) is 1. The van der Waals surface area contributed by atoms with Crippen LogP contribution in [0, 0.1) is 18.6 Å². The molecule has 1 aromatic heterocycles. The molecule has 4 heterocycles. The molecule has 2 aromatic rings. The summed E-state index contributed by atoms with van der Waals surface area (Å²) in [6.45, 7) is 4.10. The van der Waals surface area contributed by atoms with Crippen molar-refractivity contribution in [3.63, 3.8) is 0 Å². The number of nitrogens with one attached hydrogen (secondary N) is 1. The van der Waals surface area contributed by atoms with E-state index < -0.39 is 28.7 Å². The predicted molar refractivity (Wildman–Crippen MR) is 106 cm³/mol. The van der Waals surface area contributed by atoms with Crippen LogP contribution in [0.3, 0.4) is 0 Å². The number of halogens is 2. The lowest BCUT2D eigenvalue weighted by Gasteiger charge is -2.45. The van der Waals surface area contributed by atoms with Crippen LogP contribution in [0.5, 0.6) is 0 Å². The van der Waals surface area contributed by atoms with Gasteiger partial charge in [-0.3, -0.25) is 14.4 Å². The number of aromatic nitrogens is 1. The van der Waals surface area contributed by atoms with Crippen molar-refractivity contribution in [2.75, 3.05) is 13.2 Å². The molecule has 1 fully saturated rings. The number of carbonyl (C=O) groups excluding carboxylic acids is 2. The van der Waals surface area contributed by atoms with Crippen LogP contribution in [-0.4, -0.2) is 40.2 Å². The fourth-order valence-electron chi connectivity index (χ4n) is 5.14. The summed E-state index contributed by atoms with van der Waals surface area (Å²) in [7, 11) is 0. The van der Waals surface area contributed by atoms with Gasteiger partial charge in [-0.1, -0.05) is 6.07 Å². The lowest BCUT2D eigenvalue weighted by molar-refractivity contribution is -0.0972. The minimum absolute atomic E-state index is 0.0332. The quantitative estimate of drug-likeness (QED) is 0.810. The molecule has 0 aliphatic carbocycles. The number of nitrogens with zero attached hydrogens (tertiary/aromatic N) is 2. The van der Waals surface area contributed by atoms with Crippen LogP contribution in [-0.2, 0) is 17.7 Å². The van der Waals surface area contributed by atoms with E-state index in [4.69, 9.17) is 4.74 Å². The van der Waals surface area contributed by atoms with Crippen LogP contribution in [0.1, 0.15) is 57.1 Å². The highest BCUT2D eigenvalue weighted by Gasteiger charge is 2.55. The van der Waals surface area contributed by atoms with Crippen molar-refractivity contribution in [1.29, 1.82) is 0 Å². The van der Waals surface area contributed by atoms with Gasteiger partial charge in [-0.05, 0) is 32.8 Å². The van der Waals surface area contributed by atoms with E-state index in [0.717, 1.165) is 12.1 Å². The topological polar surface area (TPSA) is 80.6 Å². The lowest BCUT2D eigenvalue weighted by Crippen LogP contribution is -2.57. The largest absolute Gasteiger partial charge is 0.352 e. The van der Waals surface area contributed by atoms with E-state index in [9.17, 15) is 23.2 Å². The van der Waals surface area contributed by atoms with Gasteiger partial charge >= 0.3 is 0 Å². The van der Waals surface area contributed by atoms with Crippen LogP contribution in [0.4, 0.5) is 8.78 Å². The third-order valence-corrected chi connectivity index (χ3v) is 6.70. The first-order chi connectivity index (χ1) is 14.7. The summed E-state index contributed by atoms with van der Waals surface area (Å²) in [6, 6.07) is 2.89. The predicted octanol–water partition coefficient (Wildman–Crippen LogP) is 2.05. The third kappa shape index (κ3) is 2.69. The average Bonchev–Trinajstić information content (AvgIpc) is 3.32. The Morgan fingerprint density at radius 3 is 2.84 bits per heavy atom. The first-order valence-electron chi connectivity index (χ1n) is 10.2. The molecular weight excluding hydrogens is 408 g/mol. The Balaban J connectivity index is 1.56. The summed E-state index contributed by atoms with van der Waals surface area (Å²) >= 11 is 0. The average molecular weight is 429 g/mol. The van der Waals surface area contributed by atoms with E-state index >= 15 is 0 Å². The van der Waals surface area contributed by atoms with Crippen LogP contribution in [0.2, 0.25) is 0 Å². The van der Waals surface area contributed by atoms with Crippen molar-refractivity contribution in [2.45, 2.75) is 45.0 Å².